The van der Waals surface area contributed by atoms with Crippen molar-refractivity contribution in [2.24, 2.45) is 5.92 Å². The summed E-state index contributed by atoms with van der Waals surface area (Å²) in [7, 11) is 0. The van der Waals surface area contributed by atoms with Gasteiger partial charge in [0, 0.05) is 31.7 Å². The second-order valence-corrected chi connectivity index (χ2v) is 4.54. The Kier molecular flexibility index (Phi) is 4.31. The zero-order valence-electron chi connectivity index (χ0n) is 10.3. The highest BCUT2D eigenvalue weighted by Crippen LogP contribution is 2.19. The number of nitrogens with zero attached hydrogens (tertiary/aromatic N) is 1. The molecule has 0 aromatic heterocycles. The quantitative estimate of drug-likeness (QED) is 0.894. The van der Waals surface area contributed by atoms with E-state index in [-0.39, 0.29) is 30.8 Å². The third kappa shape index (κ3) is 3.41. The second kappa shape index (κ2) is 5.97. The van der Waals surface area contributed by atoms with Crippen molar-refractivity contribution < 1.29 is 23.4 Å². The average molecular weight is 271 g/mol. The normalized spacial score (nSPS) is 18.7. The maximum absolute atomic E-state index is 13.3. The monoisotopic (exact) mass is 271 g/mol. The van der Waals surface area contributed by atoms with Gasteiger partial charge in [0.25, 0.3) is 5.91 Å². The molecule has 2 rings (SSSR count). The van der Waals surface area contributed by atoms with Gasteiger partial charge in [0.2, 0.25) is 0 Å². The summed E-state index contributed by atoms with van der Waals surface area (Å²) in [5, 5.41) is 8.98. The first kappa shape index (κ1) is 13.7. The van der Waals surface area contributed by atoms with Crippen LogP contribution < -0.4 is 4.74 Å². The number of benzene rings is 1. The predicted molar refractivity (Wildman–Crippen MR) is 63.6 cm³/mol. The number of rotatable bonds is 4. The molecule has 1 N–H and O–H groups in total. The molecule has 0 bridgehead atoms. The molecular formula is C13H15F2NO3. The minimum Gasteiger partial charge on any atom is -0.481 e. The van der Waals surface area contributed by atoms with Gasteiger partial charge in [0.05, 0.1) is 0 Å². The molecule has 19 heavy (non-hydrogen) atoms. The van der Waals surface area contributed by atoms with E-state index in [1.54, 1.807) is 4.90 Å². The fraction of sp³-hybridized carbons (Fsp3) is 0.462. The Morgan fingerprint density at radius 3 is 2.89 bits per heavy atom. The van der Waals surface area contributed by atoms with E-state index < -0.39 is 11.6 Å². The summed E-state index contributed by atoms with van der Waals surface area (Å²) in [6, 6.07) is 2.93. The summed E-state index contributed by atoms with van der Waals surface area (Å²) in [4.78, 5) is 13.4. The zero-order valence-corrected chi connectivity index (χ0v) is 10.3. The number of likely N-dealkylation sites (tertiary alicyclic amines) is 1. The molecule has 1 unspecified atom stereocenters. The van der Waals surface area contributed by atoms with E-state index in [1.807, 2.05) is 0 Å². The molecule has 1 aliphatic heterocycles. The van der Waals surface area contributed by atoms with Crippen LogP contribution in [-0.2, 0) is 4.79 Å². The summed E-state index contributed by atoms with van der Waals surface area (Å²) < 4.78 is 31.0. The van der Waals surface area contributed by atoms with Gasteiger partial charge in [-0.15, -0.1) is 0 Å². The summed E-state index contributed by atoms with van der Waals surface area (Å²) in [5.74, 6) is -1.83. The molecule has 0 radical (unpaired) electrons. The molecule has 1 fully saturated rings. The zero-order chi connectivity index (χ0) is 13.8. The number of aliphatic hydroxyl groups is 1. The number of carbonyl (C=O) groups is 1. The van der Waals surface area contributed by atoms with Crippen LogP contribution in [0.15, 0.2) is 18.2 Å². The van der Waals surface area contributed by atoms with Gasteiger partial charge in [-0.25, -0.2) is 8.78 Å². The molecule has 1 amide bonds. The smallest absolute Gasteiger partial charge is 0.260 e. The van der Waals surface area contributed by atoms with Crippen LogP contribution in [0.2, 0.25) is 0 Å². The highest BCUT2D eigenvalue weighted by Gasteiger charge is 2.25. The number of amides is 1. The largest absolute Gasteiger partial charge is 0.481 e. The van der Waals surface area contributed by atoms with E-state index in [0.29, 0.717) is 19.2 Å². The lowest BCUT2D eigenvalue weighted by Gasteiger charge is -2.16. The van der Waals surface area contributed by atoms with Crippen molar-refractivity contribution in [1.82, 2.24) is 4.90 Å². The lowest BCUT2D eigenvalue weighted by atomic mass is 10.1. The van der Waals surface area contributed by atoms with Crippen LogP contribution in [0.5, 0.6) is 5.75 Å². The number of aliphatic hydroxyl groups excluding tert-OH is 1. The molecule has 1 aromatic carbocycles. The molecule has 0 spiro atoms. The number of hydrogen-bond donors (Lipinski definition) is 1. The van der Waals surface area contributed by atoms with E-state index in [4.69, 9.17) is 9.84 Å². The van der Waals surface area contributed by atoms with Crippen molar-refractivity contribution in [3.8, 4) is 5.75 Å². The van der Waals surface area contributed by atoms with Crippen molar-refractivity contribution >= 4 is 5.91 Å². The lowest BCUT2D eigenvalue weighted by Crippen LogP contribution is -2.33. The Bertz CT molecular complexity index is 467. The van der Waals surface area contributed by atoms with Gasteiger partial charge in [-0.05, 0) is 18.6 Å². The fourth-order valence-electron chi connectivity index (χ4n) is 2.03. The standard InChI is InChI=1S/C13H15F2NO3/c14-10-1-2-12(11(15)5-10)19-8-13(18)16-4-3-9(6-16)7-17/h1-2,5,9,17H,3-4,6-8H2. The van der Waals surface area contributed by atoms with E-state index in [9.17, 15) is 13.6 Å². The van der Waals surface area contributed by atoms with Gasteiger partial charge in [0.1, 0.15) is 5.82 Å². The van der Waals surface area contributed by atoms with Crippen LogP contribution in [0.1, 0.15) is 6.42 Å². The lowest BCUT2D eigenvalue weighted by molar-refractivity contribution is -0.132. The van der Waals surface area contributed by atoms with Crippen LogP contribution in [0.25, 0.3) is 0 Å². The van der Waals surface area contributed by atoms with Crippen LogP contribution in [0, 0.1) is 17.6 Å². The second-order valence-electron chi connectivity index (χ2n) is 4.54. The molecule has 1 heterocycles. The molecular weight excluding hydrogens is 256 g/mol. The Hall–Kier alpha value is -1.69. The van der Waals surface area contributed by atoms with Crippen molar-refractivity contribution in [3.63, 3.8) is 0 Å². The first-order valence-electron chi connectivity index (χ1n) is 6.06. The van der Waals surface area contributed by atoms with E-state index in [0.717, 1.165) is 18.6 Å². The minimum atomic E-state index is -0.831. The van der Waals surface area contributed by atoms with Gasteiger partial charge in [0.15, 0.2) is 18.2 Å². The third-order valence-corrected chi connectivity index (χ3v) is 3.14. The number of halogens is 2. The summed E-state index contributed by atoms with van der Waals surface area (Å²) in [6.07, 6.45) is 0.757. The van der Waals surface area contributed by atoms with Gasteiger partial charge >= 0.3 is 0 Å². The minimum absolute atomic E-state index is 0.0528. The van der Waals surface area contributed by atoms with Gasteiger partial charge in [-0.1, -0.05) is 0 Å². The SMILES string of the molecule is O=C(COc1ccc(F)cc1F)N1CCC(CO)C1. The molecule has 104 valence electrons. The molecule has 0 aliphatic carbocycles. The topological polar surface area (TPSA) is 49.8 Å². The molecule has 4 nitrogen and oxygen atoms in total. The van der Waals surface area contributed by atoms with E-state index in [1.165, 1.54) is 0 Å². The van der Waals surface area contributed by atoms with E-state index in [2.05, 4.69) is 0 Å². The first-order chi connectivity index (χ1) is 9.10. The Labute approximate surface area is 109 Å². The van der Waals surface area contributed by atoms with Gasteiger partial charge in [-0.2, -0.15) is 0 Å². The first-order valence-corrected chi connectivity index (χ1v) is 6.06. The highest BCUT2D eigenvalue weighted by atomic mass is 19.1. The number of hydrogen-bond acceptors (Lipinski definition) is 3. The maximum Gasteiger partial charge on any atom is 0.260 e. The fourth-order valence-corrected chi connectivity index (χ4v) is 2.03. The van der Waals surface area contributed by atoms with Crippen LogP contribution in [0.3, 0.4) is 0 Å². The molecule has 1 aliphatic rings. The molecule has 6 heteroatoms. The maximum atomic E-state index is 13.3. The summed E-state index contributed by atoms with van der Waals surface area (Å²) in [5.41, 5.74) is 0. The predicted octanol–water partition coefficient (Wildman–Crippen LogP) is 1.18. The van der Waals surface area contributed by atoms with E-state index >= 15 is 0 Å². The Morgan fingerprint density at radius 2 is 2.26 bits per heavy atom. The van der Waals surface area contributed by atoms with Gasteiger partial charge < -0.3 is 14.7 Å². The Morgan fingerprint density at radius 1 is 1.47 bits per heavy atom. The Balaban J connectivity index is 1.87. The van der Waals surface area contributed by atoms with Crippen LogP contribution in [0.4, 0.5) is 8.78 Å². The molecule has 1 atom stereocenters. The third-order valence-electron chi connectivity index (χ3n) is 3.14. The van der Waals surface area contributed by atoms with Crippen molar-refractivity contribution in [2.75, 3.05) is 26.3 Å². The van der Waals surface area contributed by atoms with Crippen LogP contribution >= 0.6 is 0 Å². The summed E-state index contributed by atoms with van der Waals surface area (Å²) in [6.45, 7) is 0.821. The number of ether oxygens (including phenoxy) is 1. The van der Waals surface area contributed by atoms with Crippen molar-refractivity contribution in [2.45, 2.75) is 6.42 Å². The molecule has 1 aromatic rings. The van der Waals surface area contributed by atoms with Crippen LogP contribution in [-0.4, -0.2) is 42.2 Å². The highest BCUT2D eigenvalue weighted by molar-refractivity contribution is 5.78. The molecule has 1 saturated heterocycles. The average Bonchev–Trinajstić information content (AvgIpc) is 2.86. The molecule has 0 saturated carbocycles. The van der Waals surface area contributed by atoms with Gasteiger partial charge in [-0.3, -0.25) is 4.79 Å². The van der Waals surface area contributed by atoms with Crippen molar-refractivity contribution in [1.29, 1.82) is 0 Å². The number of carbonyl (C=O) groups excluding carboxylic acids is 1. The summed E-state index contributed by atoms with van der Waals surface area (Å²) >= 11 is 0. The van der Waals surface area contributed by atoms with Crippen molar-refractivity contribution in [3.05, 3.63) is 29.8 Å².